The molecule has 26 heavy (non-hydrogen) atoms. The van der Waals surface area contributed by atoms with E-state index in [0.29, 0.717) is 12.2 Å². The Kier molecular flexibility index (Phi) is 4.19. The van der Waals surface area contributed by atoms with Crippen LogP contribution in [0.4, 0.5) is 5.82 Å². The Morgan fingerprint density at radius 2 is 1.88 bits per heavy atom. The Labute approximate surface area is 151 Å². The largest absolute Gasteiger partial charge is 0.309 e. The van der Waals surface area contributed by atoms with Crippen molar-refractivity contribution in [2.45, 2.75) is 13.3 Å². The molecule has 2 heterocycles. The number of amides is 1. The predicted molar refractivity (Wildman–Crippen MR) is 103 cm³/mol. The Morgan fingerprint density at radius 3 is 2.69 bits per heavy atom. The first-order valence-corrected chi connectivity index (χ1v) is 8.43. The smallest absolute Gasteiger partial charge is 0.229 e. The van der Waals surface area contributed by atoms with Gasteiger partial charge in [0.05, 0.1) is 17.8 Å². The number of hydrogen-bond donors (Lipinski definition) is 2. The van der Waals surface area contributed by atoms with Gasteiger partial charge >= 0.3 is 0 Å². The van der Waals surface area contributed by atoms with E-state index in [1.54, 1.807) is 12.3 Å². The van der Waals surface area contributed by atoms with Gasteiger partial charge in [-0.2, -0.15) is 5.10 Å². The normalized spacial score (nSPS) is 10.8. The molecule has 5 nitrogen and oxygen atoms in total. The van der Waals surface area contributed by atoms with Gasteiger partial charge < -0.3 is 5.32 Å². The number of aromatic amines is 1. The maximum Gasteiger partial charge on any atom is 0.229 e. The maximum atomic E-state index is 12.3. The number of carbonyl (C=O) groups is 1. The van der Waals surface area contributed by atoms with Crippen molar-refractivity contribution >= 4 is 22.5 Å². The summed E-state index contributed by atoms with van der Waals surface area (Å²) >= 11 is 0. The van der Waals surface area contributed by atoms with Crippen LogP contribution in [0, 0.1) is 6.92 Å². The topological polar surface area (TPSA) is 70.7 Å². The Morgan fingerprint density at radius 1 is 1.04 bits per heavy atom. The van der Waals surface area contributed by atoms with Crippen molar-refractivity contribution in [1.29, 1.82) is 0 Å². The second kappa shape index (κ2) is 6.80. The lowest BCUT2D eigenvalue weighted by molar-refractivity contribution is -0.115. The molecule has 128 valence electrons. The molecule has 1 amide bonds. The van der Waals surface area contributed by atoms with Crippen molar-refractivity contribution in [2.24, 2.45) is 0 Å². The molecule has 5 heteroatoms. The summed E-state index contributed by atoms with van der Waals surface area (Å²) in [5.41, 5.74) is 3.62. The van der Waals surface area contributed by atoms with Gasteiger partial charge in [-0.3, -0.25) is 14.9 Å². The van der Waals surface area contributed by atoms with Crippen molar-refractivity contribution in [2.75, 3.05) is 5.32 Å². The van der Waals surface area contributed by atoms with Crippen LogP contribution in [0.15, 0.2) is 66.9 Å². The summed E-state index contributed by atoms with van der Waals surface area (Å²) in [6, 6.07) is 19.9. The van der Waals surface area contributed by atoms with Crippen molar-refractivity contribution in [3.8, 4) is 11.4 Å². The standard InChI is InChI=1S/C21H18N4O/c1-14-6-9-18(22-13-14)19-12-20(25-24-19)23-21(26)11-15-7-8-16-4-2-3-5-17(16)10-15/h2-10,12-13H,11H2,1H3,(H2,23,24,25,26). The maximum absolute atomic E-state index is 12.3. The minimum Gasteiger partial charge on any atom is -0.309 e. The lowest BCUT2D eigenvalue weighted by Gasteiger charge is -2.04. The van der Waals surface area contributed by atoms with Gasteiger partial charge in [0, 0.05) is 12.3 Å². The van der Waals surface area contributed by atoms with Crippen LogP contribution in [0.25, 0.3) is 22.2 Å². The van der Waals surface area contributed by atoms with E-state index in [1.165, 1.54) is 5.39 Å². The molecule has 0 unspecified atom stereocenters. The molecule has 0 aliphatic heterocycles. The van der Waals surface area contributed by atoms with Crippen LogP contribution in [-0.4, -0.2) is 21.1 Å². The molecule has 0 atom stereocenters. The highest BCUT2D eigenvalue weighted by Crippen LogP contribution is 2.19. The average molecular weight is 342 g/mol. The molecule has 4 rings (SSSR count). The van der Waals surface area contributed by atoms with Gasteiger partial charge in [0.25, 0.3) is 0 Å². The van der Waals surface area contributed by atoms with E-state index >= 15 is 0 Å². The number of rotatable bonds is 4. The summed E-state index contributed by atoms with van der Waals surface area (Å²) < 4.78 is 0. The number of hydrogen-bond acceptors (Lipinski definition) is 3. The lowest BCUT2D eigenvalue weighted by Crippen LogP contribution is -2.14. The molecular weight excluding hydrogens is 324 g/mol. The van der Waals surface area contributed by atoms with Crippen molar-refractivity contribution in [1.82, 2.24) is 15.2 Å². The molecule has 0 bridgehead atoms. The Bertz CT molecular complexity index is 1070. The van der Waals surface area contributed by atoms with Crippen LogP contribution in [-0.2, 0) is 11.2 Å². The first-order chi connectivity index (χ1) is 12.7. The summed E-state index contributed by atoms with van der Waals surface area (Å²) in [5.74, 6) is 0.392. The Hall–Kier alpha value is -3.47. The van der Waals surface area contributed by atoms with E-state index in [0.717, 1.165) is 27.9 Å². The lowest BCUT2D eigenvalue weighted by atomic mass is 10.0. The van der Waals surface area contributed by atoms with Gasteiger partial charge in [0.15, 0.2) is 5.82 Å². The molecular formula is C21H18N4O. The number of nitrogens with zero attached hydrogens (tertiary/aromatic N) is 2. The van der Waals surface area contributed by atoms with Gasteiger partial charge in [-0.15, -0.1) is 0 Å². The molecule has 2 N–H and O–H groups in total. The van der Waals surface area contributed by atoms with Crippen LogP contribution in [0.3, 0.4) is 0 Å². The second-order valence-corrected chi connectivity index (χ2v) is 6.29. The molecule has 0 radical (unpaired) electrons. The Balaban J connectivity index is 1.45. The zero-order valence-electron chi connectivity index (χ0n) is 14.4. The highest BCUT2D eigenvalue weighted by atomic mass is 16.1. The zero-order chi connectivity index (χ0) is 17.9. The van der Waals surface area contributed by atoms with Gasteiger partial charge in [0.1, 0.15) is 0 Å². The van der Waals surface area contributed by atoms with E-state index in [-0.39, 0.29) is 5.91 Å². The number of aromatic nitrogens is 3. The highest BCUT2D eigenvalue weighted by Gasteiger charge is 2.09. The van der Waals surface area contributed by atoms with Crippen LogP contribution >= 0.6 is 0 Å². The van der Waals surface area contributed by atoms with Crippen molar-refractivity contribution in [3.05, 3.63) is 78.0 Å². The SMILES string of the molecule is Cc1ccc(-c2cc(NC(=O)Cc3ccc4ccccc4c3)n[nH]2)nc1. The number of carbonyl (C=O) groups excluding carboxylic acids is 1. The first kappa shape index (κ1) is 16.0. The van der Waals surface area contributed by atoms with Gasteiger partial charge in [-0.1, -0.05) is 48.5 Å². The van der Waals surface area contributed by atoms with E-state index in [4.69, 9.17) is 0 Å². The molecule has 0 saturated heterocycles. The van der Waals surface area contributed by atoms with Crippen molar-refractivity contribution < 1.29 is 4.79 Å². The fraction of sp³-hybridized carbons (Fsp3) is 0.0952. The summed E-state index contributed by atoms with van der Waals surface area (Å²) in [5, 5.41) is 12.2. The molecule has 2 aromatic heterocycles. The van der Waals surface area contributed by atoms with Crippen LogP contribution in [0.5, 0.6) is 0 Å². The van der Waals surface area contributed by atoms with E-state index in [2.05, 4.69) is 26.6 Å². The monoisotopic (exact) mass is 342 g/mol. The average Bonchev–Trinajstić information content (AvgIpc) is 3.10. The van der Waals surface area contributed by atoms with E-state index in [1.807, 2.05) is 55.5 Å². The number of fused-ring (bicyclic) bond motifs is 1. The number of benzene rings is 2. The number of anilines is 1. The third-order valence-electron chi connectivity index (χ3n) is 4.21. The fourth-order valence-corrected chi connectivity index (χ4v) is 2.87. The third kappa shape index (κ3) is 3.47. The van der Waals surface area contributed by atoms with Crippen molar-refractivity contribution in [3.63, 3.8) is 0 Å². The summed E-state index contributed by atoms with van der Waals surface area (Å²) in [6.07, 6.45) is 2.10. The van der Waals surface area contributed by atoms with Crippen LogP contribution < -0.4 is 5.32 Å². The van der Waals surface area contributed by atoms with E-state index < -0.39 is 0 Å². The second-order valence-electron chi connectivity index (χ2n) is 6.29. The molecule has 0 fully saturated rings. The minimum atomic E-state index is -0.102. The summed E-state index contributed by atoms with van der Waals surface area (Å²) in [7, 11) is 0. The van der Waals surface area contributed by atoms with Crippen LogP contribution in [0.1, 0.15) is 11.1 Å². The molecule has 0 spiro atoms. The molecule has 2 aromatic carbocycles. The summed E-state index contributed by atoms with van der Waals surface area (Å²) in [6.45, 7) is 1.99. The molecule has 0 aliphatic rings. The first-order valence-electron chi connectivity index (χ1n) is 8.43. The molecule has 4 aromatic rings. The van der Waals surface area contributed by atoms with Crippen LogP contribution in [0.2, 0.25) is 0 Å². The molecule has 0 aliphatic carbocycles. The quantitative estimate of drug-likeness (QED) is 0.586. The van der Waals surface area contributed by atoms with E-state index in [9.17, 15) is 4.79 Å². The zero-order valence-corrected chi connectivity index (χ0v) is 14.4. The predicted octanol–water partition coefficient (Wildman–Crippen LogP) is 4.11. The van der Waals surface area contributed by atoms with Gasteiger partial charge in [-0.25, -0.2) is 0 Å². The van der Waals surface area contributed by atoms with Gasteiger partial charge in [-0.05, 0) is 34.9 Å². The number of nitrogens with one attached hydrogen (secondary N) is 2. The number of H-pyrrole nitrogens is 1. The van der Waals surface area contributed by atoms with Gasteiger partial charge in [0.2, 0.25) is 5.91 Å². The molecule has 0 saturated carbocycles. The number of aryl methyl sites for hydroxylation is 1. The summed E-state index contributed by atoms with van der Waals surface area (Å²) in [4.78, 5) is 16.7. The highest BCUT2D eigenvalue weighted by molar-refractivity contribution is 5.93. The third-order valence-corrected chi connectivity index (χ3v) is 4.21. The minimum absolute atomic E-state index is 0.102. The number of pyridine rings is 1. The fourth-order valence-electron chi connectivity index (χ4n) is 2.87.